The van der Waals surface area contributed by atoms with Crippen LogP contribution in [-0.2, 0) is 0 Å². The second kappa shape index (κ2) is 7.36. The third kappa shape index (κ3) is 3.75. The lowest BCUT2D eigenvalue weighted by atomic mass is 9.53. The summed E-state index contributed by atoms with van der Waals surface area (Å²) in [5.74, 6) is 4.87. The minimum absolute atomic E-state index is 0.0248. The van der Waals surface area contributed by atoms with Crippen molar-refractivity contribution in [3.05, 3.63) is 24.2 Å². The van der Waals surface area contributed by atoms with Gasteiger partial charge in [-0.1, -0.05) is 0 Å². The van der Waals surface area contributed by atoms with Crippen LogP contribution in [0, 0.1) is 17.8 Å². The van der Waals surface area contributed by atoms with E-state index in [1.807, 2.05) is 24.1 Å². The van der Waals surface area contributed by atoms with Gasteiger partial charge < -0.3 is 15.1 Å². The average Bonchev–Trinajstić information content (AvgIpc) is 3.15. The molecule has 6 rings (SSSR count). The Kier molecular flexibility index (Phi) is 4.88. The molecule has 5 aliphatic rings. The Morgan fingerprint density at radius 1 is 1.19 bits per heavy atom. The molecule has 5 nitrogen and oxygen atoms in total. The smallest absolute Gasteiger partial charge is 0.315 e. The van der Waals surface area contributed by atoms with Gasteiger partial charge in [0.05, 0.1) is 18.6 Å². The topological polar surface area (TPSA) is 57.5 Å². The van der Waals surface area contributed by atoms with E-state index in [4.69, 9.17) is 4.42 Å². The molecule has 5 fully saturated rings. The fraction of sp³-hybridized carbons (Fsp3) is 0.762. The van der Waals surface area contributed by atoms with Crippen LogP contribution in [-0.4, -0.2) is 47.6 Å². The van der Waals surface area contributed by atoms with E-state index in [0.29, 0.717) is 6.54 Å². The van der Waals surface area contributed by atoms with E-state index in [9.17, 15) is 4.79 Å². The van der Waals surface area contributed by atoms with Gasteiger partial charge in [-0.05, 0) is 62.3 Å². The monoisotopic (exact) mass is 389 g/mol. The minimum Gasteiger partial charge on any atom is -0.472 e. The van der Waals surface area contributed by atoms with Gasteiger partial charge in [-0.3, -0.25) is 4.90 Å². The maximum atomic E-state index is 12.8. The Morgan fingerprint density at radius 2 is 1.85 bits per heavy atom. The first kappa shape index (κ1) is 17.9. The van der Waals surface area contributed by atoms with E-state index >= 15 is 0 Å². The first-order chi connectivity index (χ1) is 13.2. The van der Waals surface area contributed by atoms with Gasteiger partial charge in [0, 0.05) is 42.2 Å². The zero-order chi connectivity index (χ0) is 18.3. The normalized spacial score (nSPS) is 36.5. The second-order valence-electron chi connectivity index (χ2n) is 9.25. The van der Waals surface area contributed by atoms with Crippen LogP contribution in [0.15, 0.2) is 23.0 Å². The number of hydrogen-bond donors (Lipinski definition) is 2. The van der Waals surface area contributed by atoms with Crippen molar-refractivity contribution in [3.63, 3.8) is 0 Å². The van der Waals surface area contributed by atoms with Crippen LogP contribution < -0.4 is 10.6 Å². The van der Waals surface area contributed by atoms with Gasteiger partial charge >= 0.3 is 6.03 Å². The molecule has 1 aliphatic heterocycles. The molecule has 4 bridgehead atoms. The molecule has 4 saturated carbocycles. The summed E-state index contributed by atoms with van der Waals surface area (Å²) < 4.78 is 5.32. The van der Waals surface area contributed by atoms with Gasteiger partial charge in [0.1, 0.15) is 0 Å². The summed E-state index contributed by atoms with van der Waals surface area (Å²) in [6, 6.07) is 2.26. The molecule has 0 spiro atoms. The first-order valence-electron chi connectivity index (χ1n) is 10.6. The number of thioether (sulfide) groups is 1. The molecule has 27 heavy (non-hydrogen) atoms. The van der Waals surface area contributed by atoms with E-state index in [2.05, 4.69) is 15.5 Å². The molecule has 148 valence electrons. The van der Waals surface area contributed by atoms with Crippen molar-refractivity contribution in [2.24, 2.45) is 17.8 Å². The number of amides is 2. The Labute approximate surface area is 166 Å². The summed E-state index contributed by atoms with van der Waals surface area (Å²) in [7, 11) is 0. The van der Waals surface area contributed by atoms with E-state index < -0.39 is 0 Å². The van der Waals surface area contributed by atoms with Crippen molar-refractivity contribution in [1.29, 1.82) is 0 Å². The number of urea groups is 1. The Balaban J connectivity index is 1.21. The lowest BCUT2D eigenvalue weighted by Crippen LogP contribution is -2.61. The standard InChI is InChI=1S/C21H31N3O2S/c25-20(23-21-10-15-7-16(11-21)9-17(8-15)12-21)22-13-19(18-1-4-26-14-18)24-2-5-27-6-3-24/h1,4,14-17,19H,2-3,5-13H2,(H2,22,23,25)/t15?,16?,17?,19-,21?/m0/s1. The molecule has 2 heterocycles. The third-order valence-corrected chi connectivity index (χ3v) is 8.23. The number of rotatable bonds is 5. The highest BCUT2D eigenvalue weighted by Crippen LogP contribution is 2.55. The number of carbonyl (C=O) groups excluding carboxylic acids is 1. The molecule has 0 radical (unpaired) electrons. The van der Waals surface area contributed by atoms with Crippen LogP contribution in [0.1, 0.15) is 50.1 Å². The molecule has 1 aromatic rings. The van der Waals surface area contributed by atoms with Gasteiger partial charge in [-0.2, -0.15) is 11.8 Å². The summed E-state index contributed by atoms with van der Waals surface area (Å²) in [4.78, 5) is 15.3. The highest BCUT2D eigenvalue weighted by atomic mass is 32.2. The SMILES string of the molecule is O=C(NC[C@@H](c1ccoc1)N1CCSCC1)NC12CC3CC(CC(C3)C1)C2. The minimum atomic E-state index is 0.0248. The number of carbonyl (C=O) groups is 1. The zero-order valence-electron chi connectivity index (χ0n) is 16.0. The highest BCUT2D eigenvalue weighted by Gasteiger charge is 2.51. The van der Waals surface area contributed by atoms with Gasteiger partial charge in [0.2, 0.25) is 0 Å². The summed E-state index contributed by atoms with van der Waals surface area (Å²) in [6.45, 7) is 2.78. The van der Waals surface area contributed by atoms with Crippen molar-refractivity contribution in [3.8, 4) is 0 Å². The van der Waals surface area contributed by atoms with E-state index in [1.54, 1.807) is 6.26 Å². The molecule has 2 amide bonds. The summed E-state index contributed by atoms with van der Waals surface area (Å²) in [6.07, 6.45) is 11.3. The highest BCUT2D eigenvalue weighted by molar-refractivity contribution is 7.99. The van der Waals surface area contributed by atoms with Crippen molar-refractivity contribution in [1.82, 2.24) is 15.5 Å². The summed E-state index contributed by atoms with van der Waals surface area (Å²) in [5, 5.41) is 6.64. The molecule has 1 atom stereocenters. The van der Waals surface area contributed by atoms with Gasteiger partial charge in [0.15, 0.2) is 0 Å². The molecule has 1 saturated heterocycles. The first-order valence-corrected chi connectivity index (χ1v) is 11.7. The zero-order valence-corrected chi connectivity index (χ0v) is 16.8. The second-order valence-corrected chi connectivity index (χ2v) is 10.5. The predicted octanol–water partition coefficient (Wildman–Crippen LogP) is 3.64. The van der Waals surface area contributed by atoms with E-state index in [-0.39, 0.29) is 17.6 Å². The number of nitrogens with zero attached hydrogens (tertiary/aromatic N) is 1. The lowest BCUT2D eigenvalue weighted by molar-refractivity contribution is -0.0136. The van der Waals surface area contributed by atoms with Gasteiger partial charge in [0.25, 0.3) is 0 Å². The van der Waals surface area contributed by atoms with Crippen molar-refractivity contribution in [2.75, 3.05) is 31.1 Å². The van der Waals surface area contributed by atoms with E-state index in [0.717, 1.165) is 47.9 Å². The molecular weight excluding hydrogens is 358 g/mol. The number of furan rings is 1. The Hall–Kier alpha value is -1.14. The fourth-order valence-corrected chi connectivity index (χ4v) is 7.48. The van der Waals surface area contributed by atoms with Crippen LogP contribution in [0.5, 0.6) is 0 Å². The number of nitrogens with one attached hydrogen (secondary N) is 2. The molecule has 2 N–H and O–H groups in total. The molecule has 0 aromatic carbocycles. The summed E-state index contributed by atoms with van der Waals surface area (Å²) >= 11 is 2.01. The average molecular weight is 390 g/mol. The van der Waals surface area contributed by atoms with Gasteiger partial charge in [-0.25, -0.2) is 4.79 Å². The summed E-state index contributed by atoms with van der Waals surface area (Å²) in [5.41, 5.74) is 1.24. The van der Waals surface area contributed by atoms with Crippen LogP contribution in [0.3, 0.4) is 0 Å². The lowest BCUT2D eigenvalue weighted by Gasteiger charge is -2.56. The number of hydrogen-bond acceptors (Lipinski definition) is 4. The Morgan fingerprint density at radius 3 is 2.44 bits per heavy atom. The molecular formula is C21H31N3O2S. The van der Waals surface area contributed by atoms with Crippen LogP contribution in [0.2, 0.25) is 0 Å². The predicted molar refractivity (Wildman–Crippen MR) is 108 cm³/mol. The van der Waals surface area contributed by atoms with Crippen molar-refractivity contribution in [2.45, 2.75) is 50.1 Å². The van der Waals surface area contributed by atoms with Crippen molar-refractivity contribution >= 4 is 17.8 Å². The van der Waals surface area contributed by atoms with E-state index in [1.165, 1.54) is 38.5 Å². The maximum absolute atomic E-state index is 12.8. The molecule has 4 aliphatic carbocycles. The molecule has 6 heteroatoms. The maximum Gasteiger partial charge on any atom is 0.315 e. The third-order valence-electron chi connectivity index (χ3n) is 7.29. The fourth-order valence-electron chi connectivity index (χ4n) is 6.55. The van der Waals surface area contributed by atoms with Gasteiger partial charge in [-0.15, -0.1) is 0 Å². The molecule has 1 aromatic heterocycles. The van der Waals surface area contributed by atoms with Crippen LogP contribution in [0.4, 0.5) is 4.79 Å². The van der Waals surface area contributed by atoms with Crippen LogP contribution in [0.25, 0.3) is 0 Å². The van der Waals surface area contributed by atoms with Crippen LogP contribution >= 0.6 is 11.8 Å². The largest absolute Gasteiger partial charge is 0.472 e. The Bertz CT molecular complexity index is 621. The quantitative estimate of drug-likeness (QED) is 0.807. The van der Waals surface area contributed by atoms with Crippen molar-refractivity contribution < 1.29 is 9.21 Å². The molecule has 0 unspecified atom stereocenters.